The van der Waals surface area contributed by atoms with Crippen molar-refractivity contribution < 1.29 is 9.59 Å². The lowest BCUT2D eigenvalue weighted by Crippen LogP contribution is -2.47. The van der Waals surface area contributed by atoms with Crippen LogP contribution in [0.1, 0.15) is 47.6 Å². The van der Waals surface area contributed by atoms with E-state index in [1.54, 1.807) is 23.4 Å². The molecule has 0 bridgehead atoms. The molecule has 2 aliphatic heterocycles. The molecule has 1 fully saturated rings. The van der Waals surface area contributed by atoms with Gasteiger partial charge in [-0.2, -0.15) is 0 Å². The van der Waals surface area contributed by atoms with E-state index in [1.807, 2.05) is 19.1 Å². The van der Waals surface area contributed by atoms with E-state index in [1.165, 1.54) is 11.3 Å². The van der Waals surface area contributed by atoms with Crippen LogP contribution in [0.15, 0.2) is 49.5 Å². The summed E-state index contributed by atoms with van der Waals surface area (Å²) in [5.41, 5.74) is 4.76. The number of allylic oxidation sites excluding steroid dienone is 1. The van der Waals surface area contributed by atoms with Gasteiger partial charge >= 0.3 is 6.03 Å². The van der Waals surface area contributed by atoms with Crippen LogP contribution >= 0.6 is 11.3 Å². The molecular formula is C28H32N6O2S. The molecular weight excluding hydrogens is 484 g/mol. The first-order valence-corrected chi connectivity index (χ1v) is 13.4. The molecule has 2 aliphatic rings. The molecule has 3 amide bonds. The van der Waals surface area contributed by atoms with Gasteiger partial charge in [0, 0.05) is 36.7 Å². The van der Waals surface area contributed by atoms with Crippen LogP contribution in [0, 0.1) is 12.8 Å². The summed E-state index contributed by atoms with van der Waals surface area (Å²) in [6.45, 7) is 15.7. The zero-order valence-electron chi connectivity index (χ0n) is 21.5. The summed E-state index contributed by atoms with van der Waals surface area (Å²) >= 11 is 1.30. The molecule has 1 unspecified atom stereocenters. The number of carbonyl (C=O) groups excluding carboxylic acids is 2. The van der Waals surface area contributed by atoms with Crippen molar-refractivity contribution in [3.8, 4) is 0 Å². The first-order chi connectivity index (χ1) is 17.8. The molecule has 0 saturated carbocycles. The normalized spacial score (nSPS) is 17.2. The molecule has 2 N–H and O–H groups in total. The zero-order valence-corrected chi connectivity index (χ0v) is 22.3. The smallest absolute Gasteiger partial charge is 0.331 e. The summed E-state index contributed by atoms with van der Waals surface area (Å²) < 4.78 is 0. The monoisotopic (exact) mass is 516 g/mol. The lowest BCUT2D eigenvalue weighted by molar-refractivity contribution is 0.0920. The summed E-state index contributed by atoms with van der Waals surface area (Å²) in [7, 11) is 0. The molecule has 5 rings (SSSR count). The van der Waals surface area contributed by atoms with E-state index in [9.17, 15) is 9.59 Å². The third kappa shape index (κ3) is 4.71. The SMILES string of the molecule is C=CC(=C)N1CCCC(NC(=O)c2sc3nccc4c3c2NC(=O)N4c2cnc(CC(C)C)cc2C)C1. The number of aromatic nitrogens is 2. The molecule has 3 aromatic heterocycles. The first kappa shape index (κ1) is 25.0. The van der Waals surface area contributed by atoms with Gasteiger partial charge in [-0.05, 0) is 55.9 Å². The van der Waals surface area contributed by atoms with Gasteiger partial charge in [0.1, 0.15) is 9.71 Å². The molecule has 0 radical (unpaired) electrons. The number of piperidine rings is 1. The second kappa shape index (κ2) is 9.97. The van der Waals surface area contributed by atoms with E-state index in [0.29, 0.717) is 39.2 Å². The number of likely N-dealkylation sites (tertiary alicyclic amines) is 1. The van der Waals surface area contributed by atoms with Crippen LogP contribution in [-0.4, -0.2) is 45.9 Å². The van der Waals surface area contributed by atoms with Crippen molar-refractivity contribution in [3.05, 3.63) is 65.6 Å². The maximum atomic E-state index is 13.4. The van der Waals surface area contributed by atoms with Gasteiger partial charge in [-0.1, -0.05) is 27.0 Å². The van der Waals surface area contributed by atoms with Crippen molar-refractivity contribution in [1.29, 1.82) is 0 Å². The van der Waals surface area contributed by atoms with Crippen LogP contribution in [0.2, 0.25) is 0 Å². The van der Waals surface area contributed by atoms with Gasteiger partial charge in [0.15, 0.2) is 0 Å². The van der Waals surface area contributed by atoms with E-state index >= 15 is 0 Å². The second-order valence-corrected chi connectivity index (χ2v) is 11.1. The van der Waals surface area contributed by atoms with Crippen molar-refractivity contribution in [1.82, 2.24) is 20.2 Å². The lowest BCUT2D eigenvalue weighted by atomic mass is 10.0. The number of aryl methyl sites for hydroxylation is 1. The van der Waals surface area contributed by atoms with Crippen LogP contribution < -0.4 is 15.5 Å². The van der Waals surface area contributed by atoms with Gasteiger partial charge in [-0.25, -0.2) is 9.78 Å². The maximum Gasteiger partial charge on any atom is 0.331 e. The molecule has 9 heteroatoms. The Labute approximate surface area is 221 Å². The van der Waals surface area contributed by atoms with Crippen molar-refractivity contribution >= 4 is 50.6 Å². The van der Waals surface area contributed by atoms with E-state index < -0.39 is 0 Å². The highest BCUT2D eigenvalue weighted by Gasteiger charge is 2.34. The summed E-state index contributed by atoms with van der Waals surface area (Å²) in [5.74, 6) is 0.288. The predicted octanol–water partition coefficient (Wildman–Crippen LogP) is 5.78. The van der Waals surface area contributed by atoms with Crippen LogP contribution in [-0.2, 0) is 6.42 Å². The number of hydrogen-bond acceptors (Lipinski definition) is 6. The summed E-state index contributed by atoms with van der Waals surface area (Å²) in [6, 6.07) is 3.52. The third-order valence-corrected chi connectivity index (χ3v) is 7.95. The molecule has 1 saturated heterocycles. The van der Waals surface area contributed by atoms with Crippen molar-refractivity contribution in [3.63, 3.8) is 0 Å². The number of amides is 3. The van der Waals surface area contributed by atoms with E-state index in [0.717, 1.165) is 48.1 Å². The van der Waals surface area contributed by atoms with E-state index in [-0.39, 0.29) is 18.0 Å². The highest BCUT2D eigenvalue weighted by Crippen LogP contribution is 2.46. The number of nitrogens with one attached hydrogen (secondary N) is 2. The Balaban J connectivity index is 1.46. The third-order valence-electron chi connectivity index (χ3n) is 6.85. The van der Waals surface area contributed by atoms with E-state index in [4.69, 9.17) is 0 Å². The molecule has 1 atom stereocenters. The predicted molar refractivity (Wildman–Crippen MR) is 150 cm³/mol. The number of rotatable bonds is 7. The summed E-state index contributed by atoms with van der Waals surface area (Å²) in [4.78, 5) is 40.9. The fraction of sp³-hybridized carbons (Fsp3) is 0.357. The van der Waals surface area contributed by atoms with Gasteiger partial charge < -0.3 is 15.5 Å². The second-order valence-electron chi connectivity index (χ2n) is 10.1. The molecule has 0 aromatic carbocycles. The Morgan fingerprint density at radius 2 is 2.16 bits per heavy atom. The van der Waals surface area contributed by atoms with Crippen LogP contribution in [0.3, 0.4) is 0 Å². The molecule has 192 valence electrons. The van der Waals surface area contributed by atoms with Gasteiger partial charge in [0.25, 0.3) is 5.91 Å². The quantitative estimate of drug-likeness (QED) is 0.389. The fourth-order valence-electron chi connectivity index (χ4n) is 5.09. The minimum Gasteiger partial charge on any atom is -0.370 e. The first-order valence-electron chi connectivity index (χ1n) is 12.6. The minimum absolute atomic E-state index is 0.0170. The van der Waals surface area contributed by atoms with Crippen LogP contribution in [0.25, 0.3) is 10.2 Å². The summed E-state index contributed by atoms with van der Waals surface area (Å²) in [6.07, 6.45) is 7.90. The van der Waals surface area contributed by atoms with Crippen molar-refractivity contribution in [2.75, 3.05) is 23.3 Å². The number of pyridine rings is 2. The summed E-state index contributed by atoms with van der Waals surface area (Å²) in [5, 5.41) is 6.92. The van der Waals surface area contributed by atoms with Crippen LogP contribution in [0.4, 0.5) is 21.9 Å². The van der Waals surface area contributed by atoms with Crippen molar-refractivity contribution in [2.45, 2.75) is 46.1 Å². The molecule has 37 heavy (non-hydrogen) atoms. The van der Waals surface area contributed by atoms with Crippen molar-refractivity contribution in [2.24, 2.45) is 5.92 Å². The number of urea groups is 1. The molecule has 5 heterocycles. The van der Waals surface area contributed by atoms with Crippen LogP contribution in [0.5, 0.6) is 0 Å². The highest BCUT2D eigenvalue weighted by atomic mass is 32.1. The fourth-order valence-corrected chi connectivity index (χ4v) is 6.11. The number of hydrogen-bond donors (Lipinski definition) is 2. The number of anilines is 3. The van der Waals surface area contributed by atoms with E-state index in [2.05, 4.69) is 52.5 Å². The van der Waals surface area contributed by atoms with Gasteiger partial charge in [-0.15, -0.1) is 11.3 Å². The molecule has 3 aromatic rings. The molecule has 0 aliphatic carbocycles. The number of thiophene rings is 1. The zero-order chi connectivity index (χ0) is 26.3. The molecule has 0 spiro atoms. The Hall–Kier alpha value is -3.72. The number of nitrogens with zero attached hydrogens (tertiary/aromatic N) is 4. The Kier molecular flexibility index (Phi) is 6.72. The topological polar surface area (TPSA) is 90.5 Å². The standard InChI is InChI=1S/C28H32N6O2S/c1-6-18(5)33-11-7-8-19(15-33)31-26(35)25-24-23-21(9-10-29-27(23)37-25)34(28(36)32-24)22-14-30-20(12-16(2)3)13-17(22)4/h6,9-10,13-14,16,19H,1,5,7-8,11-12,15H2,2-4H3,(H,31,35)(H,32,36). The Morgan fingerprint density at radius 1 is 1.35 bits per heavy atom. The maximum absolute atomic E-state index is 13.4. The lowest BCUT2D eigenvalue weighted by Gasteiger charge is -2.35. The number of carbonyl (C=O) groups is 2. The molecule has 8 nitrogen and oxygen atoms in total. The average Bonchev–Trinajstić information content (AvgIpc) is 3.24. The van der Waals surface area contributed by atoms with Gasteiger partial charge in [-0.3, -0.25) is 14.7 Å². The Morgan fingerprint density at radius 3 is 2.89 bits per heavy atom. The van der Waals surface area contributed by atoms with Gasteiger partial charge in [0.05, 0.1) is 28.6 Å². The Bertz CT molecular complexity index is 1410. The minimum atomic E-state index is -0.319. The average molecular weight is 517 g/mol. The van der Waals surface area contributed by atoms with Gasteiger partial charge in [0.2, 0.25) is 0 Å². The largest absolute Gasteiger partial charge is 0.370 e. The highest BCUT2D eigenvalue weighted by molar-refractivity contribution is 7.21.